The third-order valence-corrected chi connectivity index (χ3v) is 3.28. The Bertz CT molecular complexity index is 490. The summed E-state index contributed by atoms with van der Waals surface area (Å²) < 4.78 is 37.2. The summed E-state index contributed by atoms with van der Waals surface area (Å²) in [6.07, 6.45) is -4.55. The molecule has 1 aromatic rings. The van der Waals surface area contributed by atoms with E-state index in [1.54, 1.807) is 0 Å². The first-order valence-electron chi connectivity index (χ1n) is 6.00. The van der Waals surface area contributed by atoms with Gasteiger partial charge in [0, 0.05) is 26.3 Å². The van der Waals surface area contributed by atoms with E-state index in [0.29, 0.717) is 19.3 Å². The number of hydrogen-bond donors (Lipinski definition) is 2. The molecule has 0 aliphatic carbocycles. The minimum absolute atomic E-state index is 0.0837. The molecule has 2 atom stereocenters. The van der Waals surface area contributed by atoms with Crippen molar-refractivity contribution in [2.24, 2.45) is 0 Å². The van der Waals surface area contributed by atoms with Gasteiger partial charge in [0.25, 0.3) is 5.91 Å². The lowest BCUT2D eigenvalue weighted by atomic mass is 10.1. The van der Waals surface area contributed by atoms with Crippen LogP contribution in [0.5, 0.6) is 0 Å². The van der Waals surface area contributed by atoms with Crippen LogP contribution in [0.3, 0.4) is 0 Å². The number of pyridine rings is 1. The standard InChI is InChI=1S/C12H14F3N3O2/c1-18(9-5-16-6-10(9)19)11(20)8-3-2-7(4-17-8)12(13,14)15/h2-4,9-10,16,19H,5-6H2,1H3/t9-,10-/m1/s1. The van der Waals surface area contributed by atoms with Crippen molar-refractivity contribution in [1.82, 2.24) is 15.2 Å². The summed E-state index contributed by atoms with van der Waals surface area (Å²) in [4.78, 5) is 16.9. The van der Waals surface area contributed by atoms with Crippen LogP contribution in [0.25, 0.3) is 0 Å². The number of aliphatic hydroxyl groups is 1. The Morgan fingerprint density at radius 3 is 2.60 bits per heavy atom. The van der Waals surface area contributed by atoms with Crippen molar-refractivity contribution in [2.45, 2.75) is 18.3 Å². The van der Waals surface area contributed by atoms with Crippen LogP contribution in [0, 0.1) is 0 Å². The number of carbonyl (C=O) groups is 1. The van der Waals surface area contributed by atoms with Crippen molar-refractivity contribution in [3.8, 4) is 0 Å². The number of alkyl halides is 3. The summed E-state index contributed by atoms with van der Waals surface area (Å²) in [5.41, 5.74) is -0.987. The second kappa shape index (κ2) is 5.37. The molecule has 110 valence electrons. The molecule has 1 aliphatic heterocycles. The molecule has 2 rings (SSSR count). The monoisotopic (exact) mass is 289 g/mol. The van der Waals surface area contributed by atoms with Crippen molar-refractivity contribution >= 4 is 5.91 Å². The predicted octanol–water partition coefficient (Wildman–Crippen LogP) is 0.505. The number of hydrogen-bond acceptors (Lipinski definition) is 4. The summed E-state index contributed by atoms with van der Waals surface area (Å²) in [6.45, 7) is 0.812. The topological polar surface area (TPSA) is 65.5 Å². The van der Waals surface area contributed by atoms with Gasteiger partial charge in [0.1, 0.15) is 5.69 Å². The maximum atomic E-state index is 12.4. The third kappa shape index (κ3) is 2.91. The second-order valence-corrected chi connectivity index (χ2v) is 4.64. The number of likely N-dealkylation sites (N-methyl/N-ethyl adjacent to an activating group) is 1. The molecule has 0 saturated carbocycles. The zero-order valence-electron chi connectivity index (χ0n) is 10.7. The van der Waals surface area contributed by atoms with Gasteiger partial charge in [0.05, 0.1) is 17.7 Å². The fourth-order valence-electron chi connectivity index (χ4n) is 2.07. The third-order valence-electron chi connectivity index (χ3n) is 3.28. The molecule has 0 aromatic carbocycles. The number of nitrogens with zero attached hydrogens (tertiary/aromatic N) is 2. The first-order chi connectivity index (χ1) is 9.30. The van der Waals surface area contributed by atoms with Crippen molar-refractivity contribution in [1.29, 1.82) is 0 Å². The summed E-state index contributed by atoms with van der Waals surface area (Å²) in [5, 5.41) is 12.6. The Hall–Kier alpha value is -1.67. The van der Waals surface area contributed by atoms with Gasteiger partial charge >= 0.3 is 6.18 Å². The second-order valence-electron chi connectivity index (χ2n) is 4.64. The fraction of sp³-hybridized carbons (Fsp3) is 0.500. The number of rotatable bonds is 2. The largest absolute Gasteiger partial charge is 0.417 e. The van der Waals surface area contributed by atoms with E-state index in [1.165, 1.54) is 11.9 Å². The van der Waals surface area contributed by atoms with Crippen LogP contribution in [-0.2, 0) is 6.18 Å². The van der Waals surface area contributed by atoms with Gasteiger partial charge in [-0.15, -0.1) is 0 Å². The molecule has 2 N–H and O–H groups in total. The molecule has 1 aliphatic rings. The zero-order chi connectivity index (χ0) is 14.9. The van der Waals surface area contributed by atoms with Crippen LogP contribution >= 0.6 is 0 Å². The first kappa shape index (κ1) is 14.7. The van der Waals surface area contributed by atoms with Gasteiger partial charge in [-0.25, -0.2) is 0 Å². The Labute approximate surface area is 113 Å². The highest BCUT2D eigenvalue weighted by molar-refractivity contribution is 5.92. The number of aromatic nitrogens is 1. The molecule has 0 spiro atoms. The number of amides is 1. The van der Waals surface area contributed by atoms with Crippen LogP contribution in [0.2, 0.25) is 0 Å². The number of carbonyl (C=O) groups excluding carboxylic acids is 1. The smallest absolute Gasteiger partial charge is 0.390 e. The van der Waals surface area contributed by atoms with E-state index in [0.717, 1.165) is 12.1 Å². The highest BCUT2D eigenvalue weighted by Gasteiger charge is 2.33. The van der Waals surface area contributed by atoms with Gasteiger partial charge in [-0.1, -0.05) is 0 Å². The van der Waals surface area contributed by atoms with Crippen molar-refractivity contribution in [3.63, 3.8) is 0 Å². The van der Waals surface area contributed by atoms with Gasteiger partial charge < -0.3 is 15.3 Å². The normalized spacial score (nSPS) is 22.9. The van der Waals surface area contributed by atoms with Crippen LogP contribution in [0.4, 0.5) is 13.2 Å². The number of aliphatic hydroxyl groups excluding tert-OH is 1. The maximum Gasteiger partial charge on any atom is 0.417 e. The summed E-state index contributed by atoms with van der Waals surface area (Å²) in [7, 11) is 1.49. The molecular formula is C12H14F3N3O2. The van der Waals surface area contributed by atoms with E-state index in [2.05, 4.69) is 10.3 Å². The fourth-order valence-corrected chi connectivity index (χ4v) is 2.07. The summed E-state index contributed by atoms with van der Waals surface area (Å²) in [6, 6.07) is 1.44. The summed E-state index contributed by atoms with van der Waals surface area (Å²) in [5.74, 6) is -0.522. The molecule has 0 unspecified atom stereocenters. The van der Waals surface area contributed by atoms with E-state index in [4.69, 9.17) is 0 Å². The molecule has 1 saturated heterocycles. The molecule has 1 amide bonds. The van der Waals surface area contributed by atoms with E-state index >= 15 is 0 Å². The lowest BCUT2D eigenvalue weighted by molar-refractivity contribution is -0.137. The minimum atomic E-state index is -4.48. The molecule has 0 bridgehead atoms. The number of nitrogens with one attached hydrogen (secondary N) is 1. The van der Waals surface area contributed by atoms with E-state index in [9.17, 15) is 23.1 Å². The van der Waals surface area contributed by atoms with Crippen LogP contribution in [-0.4, -0.2) is 53.2 Å². The van der Waals surface area contributed by atoms with E-state index < -0.39 is 29.8 Å². The minimum Gasteiger partial charge on any atom is -0.390 e. The van der Waals surface area contributed by atoms with Gasteiger partial charge in [-0.05, 0) is 12.1 Å². The van der Waals surface area contributed by atoms with Crippen molar-refractivity contribution in [2.75, 3.05) is 20.1 Å². The molecule has 0 radical (unpaired) electrons. The van der Waals surface area contributed by atoms with Gasteiger partial charge in [-0.3, -0.25) is 9.78 Å². The summed E-state index contributed by atoms with van der Waals surface area (Å²) >= 11 is 0. The highest BCUT2D eigenvalue weighted by Crippen LogP contribution is 2.28. The molecular weight excluding hydrogens is 275 g/mol. The molecule has 2 heterocycles. The Morgan fingerprint density at radius 2 is 2.15 bits per heavy atom. The average Bonchev–Trinajstić information content (AvgIpc) is 2.82. The molecule has 1 fully saturated rings. The number of halogens is 3. The Morgan fingerprint density at radius 1 is 1.45 bits per heavy atom. The SMILES string of the molecule is CN(C(=O)c1ccc(C(F)(F)F)cn1)[C@@H]1CNC[C@H]1O. The van der Waals surface area contributed by atoms with Gasteiger partial charge in [0.15, 0.2) is 0 Å². The van der Waals surface area contributed by atoms with E-state index in [-0.39, 0.29) is 5.69 Å². The predicted molar refractivity (Wildman–Crippen MR) is 64.0 cm³/mol. The lowest BCUT2D eigenvalue weighted by Gasteiger charge is -2.26. The molecule has 1 aromatic heterocycles. The number of β-amino-alcohol motifs (C(OH)–C–C–N with tert-alkyl or cyclic N) is 1. The van der Waals surface area contributed by atoms with Crippen molar-refractivity contribution in [3.05, 3.63) is 29.6 Å². The first-order valence-corrected chi connectivity index (χ1v) is 6.00. The Kier molecular flexibility index (Phi) is 3.96. The molecule has 5 nitrogen and oxygen atoms in total. The maximum absolute atomic E-state index is 12.4. The average molecular weight is 289 g/mol. The van der Waals surface area contributed by atoms with E-state index in [1.807, 2.05) is 0 Å². The van der Waals surface area contributed by atoms with Crippen LogP contribution in [0.1, 0.15) is 16.1 Å². The highest BCUT2D eigenvalue weighted by atomic mass is 19.4. The Balaban J connectivity index is 2.13. The van der Waals surface area contributed by atoms with Crippen LogP contribution in [0.15, 0.2) is 18.3 Å². The van der Waals surface area contributed by atoms with Gasteiger partial charge in [-0.2, -0.15) is 13.2 Å². The van der Waals surface area contributed by atoms with Crippen LogP contribution < -0.4 is 5.32 Å². The lowest BCUT2D eigenvalue weighted by Crippen LogP contribution is -2.44. The quantitative estimate of drug-likeness (QED) is 0.832. The van der Waals surface area contributed by atoms with Gasteiger partial charge in [0.2, 0.25) is 0 Å². The molecule has 8 heteroatoms. The van der Waals surface area contributed by atoms with Crippen molar-refractivity contribution < 1.29 is 23.1 Å². The molecule has 20 heavy (non-hydrogen) atoms. The zero-order valence-corrected chi connectivity index (χ0v) is 10.7.